The Bertz CT molecular complexity index is 1270. The van der Waals surface area contributed by atoms with E-state index in [-0.39, 0.29) is 18.2 Å². The monoisotopic (exact) mass is 460 g/mol. The predicted octanol–water partition coefficient (Wildman–Crippen LogP) is 5.52. The molecule has 1 heterocycles. The first-order valence-corrected chi connectivity index (χ1v) is 10.7. The van der Waals surface area contributed by atoms with Crippen molar-refractivity contribution in [1.82, 2.24) is 10.1 Å². The van der Waals surface area contributed by atoms with Crippen LogP contribution in [0.1, 0.15) is 28.2 Å². The molecule has 0 aliphatic carbocycles. The maximum atomic E-state index is 12.7. The lowest BCUT2D eigenvalue weighted by Gasteiger charge is -2.12. The van der Waals surface area contributed by atoms with Gasteiger partial charge in [-0.25, -0.2) is 0 Å². The molecule has 33 heavy (non-hydrogen) atoms. The molecule has 2 N–H and O–H groups in total. The normalized spacial score (nSPS) is 10.6. The molecule has 0 fully saturated rings. The molecule has 1 aromatic heterocycles. The molecule has 0 aliphatic heterocycles. The molecule has 166 valence electrons. The molecule has 0 unspecified atom stereocenters. The molecule has 0 aliphatic rings. The molecule has 0 saturated heterocycles. The van der Waals surface area contributed by atoms with Crippen LogP contribution in [0.15, 0.2) is 77.3 Å². The van der Waals surface area contributed by atoms with Gasteiger partial charge in [0, 0.05) is 40.4 Å². The van der Waals surface area contributed by atoms with Gasteiger partial charge in [0.15, 0.2) is 0 Å². The van der Waals surface area contributed by atoms with E-state index in [9.17, 15) is 9.59 Å². The van der Waals surface area contributed by atoms with Gasteiger partial charge in [-0.1, -0.05) is 41.0 Å². The number of hydrogen-bond donors (Lipinski definition) is 2. The third kappa shape index (κ3) is 5.64. The Morgan fingerprint density at radius 1 is 0.939 bits per heavy atom. The summed E-state index contributed by atoms with van der Waals surface area (Å²) in [6.45, 7) is 1.80. The number of amides is 2. The molecule has 2 amide bonds. The van der Waals surface area contributed by atoms with Crippen LogP contribution in [0.4, 0.5) is 11.4 Å². The van der Waals surface area contributed by atoms with E-state index in [2.05, 4.69) is 20.8 Å². The van der Waals surface area contributed by atoms with E-state index in [1.807, 2.05) is 30.3 Å². The van der Waals surface area contributed by atoms with Gasteiger partial charge in [0.25, 0.3) is 5.91 Å². The highest BCUT2D eigenvalue weighted by Gasteiger charge is 2.15. The summed E-state index contributed by atoms with van der Waals surface area (Å²) in [5, 5.41) is 10.3. The number of anilines is 2. The van der Waals surface area contributed by atoms with Crippen LogP contribution in [-0.2, 0) is 11.2 Å². The summed E-state index contributed by atoms with van der Waals surface area (Å²) < 4.78 is 5.25. The molecule has 0 radical (unpaired) electrons. The van der Waals surface area contributed by atoms with Crippen LogP contribution < -0.4 is 10.6 Å². The Kier molecular flexibility index (Phi) is 6.80. The number of para-hydroxylation sites is 1. The van der Waals surface area contributed by atoms with Crippen molar-refractivity contribution >= 4 is 34.8 Å². The Morgan fingerprint density at radius 3 is 2.45 bits per heavy atom. The summed E-state index contributed by atoms with van der Waals surface area (Å²) in [7, 11) is 0. The van der Waals surface area contributed by atoms with E-state index < -0.39 is 0 Å². The first kappa shape index (κ1) is 22.2. The number of rotatable bonds is 7. The zero-order valence-electron chi connectivity index (χ0n) is 17.8. The minimum Gasteiger partial charge on any atom is -0.339 e. The van der Waals surface area contributed by atoms with Gasteiger partial charge in [-0.15, -0.1) is 0 Å². The molecule has 0 atom stereocenters. The van der Waals surface area contributed by atoms with Gasteiger partial charge >= 0.3 is 0 Å². The van der Waals surface area contributed by atoms with Gasteiger partial charge in [0.05, 0.1) is 0 Å². The third-order valence-electron chi connectivity index (χ3n) is 5.02. The van der Waals surface area contributed by atoms with Crippen molar-refractivity contribution in [2.75, 3.05) is 10.6 Å². The third-order valence-corrected chi connectivity index (χ3v) is 5.27. The van der Waals surface area contributed by atoms with E-state index >= 15 is 0 Å². The topological polar surface area (TPSA) is 97.1 Å². The van der Waals surface area contributed by atoms with Crippen molar-refractivity contribution in [3.05, 3.63) is 94.8 Å². The van der Waals surface area contributed by atoms with Crippen LogP contribution in [0.2, 0.25) is 5.02 Å². The molecule has 3 aromatic carbocycles. The van der Waals surface area contributed by atoms with Crippen molar-refractivity contribution in [3.63, 3.8) is 0 Å². The Balaban J connectivity index is 1.36. The number of aryl methyl sites for hydroxylation is 1. The summed E-state index contributed by atoms with van der Waals surface area (Å²) in [6.07, 6.45) is 0.446. The molecule has 7 nitrogen and oxygen atoms in total. The lowest BCUT2D eigenvalue weighted by molar-refractivity contribution is -0.116. The molecule has 0 spiro atoms. The van der Waals surface area contributed by atoms with E-state index in [0.29, 0.717) is 45.7 Å². The van der Waals surface area contributed by atoms with Crippen LogP contribution in [-0.4, -0.2) is 22.0 Å². The lowest BCUT2D eigenvalue weighted by atomic mass is 10.1. The number of benzene rings is 3. The van der Waals surface area contributed by atoms with Crippen LogP contribution in [0.25, 0.3) is 11.4 Å². The second-order valence-electron chi connectivity index (χ2n) is 7.37. The average Bonchev–Trinajstić information content (AvgIpc) is 3.29. The van der Waals surface area contributed by atoms with Gasteiger partial charge in [-0.05, 0) is 61.0 Å². The molecule has 0 bridgehead atoms. The van der Waals surface area contributed by atoms with E-state index in [1.54, 1.807) is 49.4 Å². The highest BCUT2D eigenvalue weighted by atomic mass is 35.5. The second kappa shape index (κ2) is 10.1. The molecule has 0 saturated carbocycles. The first-order valence-electron chi connectivity index (χ1n) is 10.3. The van der Waals surface area contributed by atoms with Crippen LogP contribution in [0, 0.1) is 6.92 Å². The largest absolute Gasteiger partial charge is 0.339 e. The number of hydrogen-bond acceptors (Lipinski definition) is 5. The van der Waals surface area contributed by atoms with Crippen molar-refractivity contribution in [2.45, 2.75) is 19.8 Å². The lowest BCUT2D eigenvalue weighted by Crippen LogP contribution is -2.17. The Labute approximate surface area is 195 Å². The highest BCUT2D eigenvalue weighted by molar-refractivity contribution is 6.30. The van der Waals surface area contributed by atoms with Crippen LogP contribution in [0.5, 0.6) is 0 Å². The minimum absolute atomic E-state index is 0.155. The van der Waals surface area contributed by atoms with Gasteiger partial charge in [0.1, 0.15) is 0 Å². The number of nitrogens with one attached hydrogen (secondary N) is 2. The molecule has 8 heteroatoms. The van der Waals surface area contributed by atoms with Gasteiger partial charge in [-0.2, -0.15) is 4.98 Å². The fourth-order valence-corrected chi connectivity index (χ4v) is 3.37. The number of carbonyl (C=O) groups excluding carboxylic acids is 2. The minimum atomic E-state index is -0.240. The van der Waals surface area contributed by atoms with E-state index in [0.717, 1.165) is 5.56 Å². The van der Waals surface area contributed by atoms with Crippen molar-refractivity contribution < 1.29 is 14.1 Å². The quantitative estimate of drug-likeness (QED) is 0.378. The fourth-order valence-electron chi connectivity index (χ4n) is 3.24. The predicted molar refractivity (Wildman–Crippen MR) is 127 cm³/mol. The van der Waals surface area contributed by atoms with E-state index in [1.165, 1.54) is 0 Å². The van der Waals surface area contributed by atoms with Crippen molar-refractivity contribution in [2.24, 2.45) is 0 Å². The van der Waals surface area contributed by atoms with Crippen molar-refractivity contribution in [1.29, 1.82) is 0 Å². The number of halogens is 1. The maximum Gasteiger partial charge on any atom is 0.256 e. The number of carbonyl (C=O) groups is 2. The van der Waals surface area contributed by atoms with Gasteiger partial charge in [0.2, 0.25) is 17.6 Å². The SMILES string of the molecule is Cc1c(NC(=O)CCc2nc(-c3ccc(Cl)cc3)no2)cccc1C(=O)Nc1ccccc1. The molecule has 4 aromatic rings. The number of nitrogens with zero attached hydrogens (tertiary/aromatic N) is 2. The van der Waals surface area contributed by atoms with Crippen LogP contribution in [0.3, 0.4) is 0 Å². The van der Waals surface area contributed by atoms with E-state index in [4.69, 9.17) is 16.1 Å². The zero-order valence-corrected chi connectivity index (χ0v) is 18.6. The maximum absolute atomic E-state index is 12.7. The smallest absolute Gasteiger partial charge is 0.256 e. The van der Waals surface area contributed by atoms with Crippen LogP contribution >= 0.6 is 11.6 Å². The summed E-state index contributed by atoms with van der Waals surface area (Å²) in [5.41, 5.74) is 3.23. The Morgan fingerprint density at radius 2 is 1.70 bits per heavy atom. The average molecular weight is 461 g/mol. The fraction of sp³-hybridized carbons (Fsp3) is 0.120. The molecule has 4 rings (SSSR count). The second-order valence-corrected chi connectivity index (χ2v) is 7.80. The standard InChI is InChI=1S/C25H21ClN4O3/c1-16-20(25(32)27-19-6-3-2-4-7-19)8-5-9-21(16)28-22(31)14-15-23-29-24(30-33-23)17-10-12-18(26)13-11-17/h2-13H,14-15H2,1H3,(H,27,32)(H,28,31). The first-order chi connectivity index (χ1) is 16.0. The summed E-state index contributed by atoms with van der Waals surface area (Å²) in [4.78, 5) is 29.5. The number of aromatic nitrogens is 2. The zero-order chi connectivity index (χ0) is 23.2. The summed E-state index contributed by atoms with van der Waals surface area (Å²) in [6, 6.07) is 21.5. The highest BCUT2D eigenvalue weighted by Crippen LogP contribution is 2.22. The van der Waals surface area contributed by atoms with Crippen molar-refractivity contribution in [3.8, 4) is 11.4 Å². The summed E-state index contributed by atoms with van der Waals surface area (Å²) in [5.74, 6) is 0.346. The molecular weight excluding hydrogens is 440 g/mol. The van der Waals surface area contributed by atoms with Gasteiger partial charge < -0.3 is 15.2 Å². The van der Waals surface area contributed by atoms with Gasteiger partial charge in [-0.3, -0.25) is 9.59 Å². The molecular formula is C25H21ClN4O3. The Hall–Kier alpha value is -3.97. The summed E-state index contributed by atoms with van der Waals surface area (Å²) >= 11 is 5.90.